The lowest BCUT2D eigenvalue weighted by Gasteiger charge is -2.37. The SMILES string of the molecule is Clc1ccccc1C1CC(Nn2cccc2)C1. The van der Waals surface area contributed by atoms with Crippen LogP contribution in [0, 0.1) is 0 Å². The molecule has 2 nitrogen and oxygen atoms in total. The zero-order valence-electron chi connectivity index (χ0n) is 9.51. The van der Waals surface area contributed by atoms with E-state index in [9.17, 15) is 0 Å². The lowest BCUT2D eigenvalue weighted by atomic mass is 9.76. The number of aromatic nitrogens is 1. The molecule has 0 amide bonds. The van der Waals surface area contributed by atoms with Gasteiger partial charge in [-0.3, -0.25) is 4.68 Å². The normalized spacial score (nSPS) is 23.1. The third kappa shape index (κ3) is 2.18. The molecule has 2 aromatic rings. The maximum atomic E-state index is 6.20. The van der Waals surface area contributed by atoms with Crippen LogP contribution in [-0.4, -0.2) is 10.7 Å². The van der Waals surface area contributed by atoms with E-state index in [1.54, 1.807) is 0 Å². The molecule has 0 aliphatic heterocycles. The summed E-state index contributed by atoms with van der Waals surface area (Å²) in [7, 11) is 0. The van der Waals surface area contributed by atoms with Crippen LogP contribution in [0.2, 0.25) is 5.02 Å². The van der Waals surface area contributed by atoms with E-state index in [0.717, 1.165) is 17.9 Å². The predicted molar refractivity (Wildman–Crippen MR) is 71.0 cm³/mol. The van der Waals surface area contributed by atoms with Crippen LogP contribution >= 0.6 is 11.6 Å². The number of rotatable bonds is 3. The van der Waals surface area contributed by atoms with Crippen LogP contribution in [-0.2, 0) is 0 Å². The number of nitrogens with one attached hydrogen (secondary N) is 1. The predicted octanol–water partition coefficient (Wildman–Crippen LogP) is 3.63. The van der Waals surface area contributed by atoms with E-state index < -0.39 is 0 Å². The molecule has 17 heavy (non-hydrogen) atoms. The van der Waals surface area contributed by atoms with Crippen molar-refractivity contribution < 1.29 is 0 Å². The van der Waals surface area contributed by atoms with E-state index >= 15 is 0 Å². The summed E-state index contributed by atoms with van der Waals surface area (Å²) in [5.74, 6) is 0.608. The van der Waals surface area contributed by atoms with Gasteiger partial charge in [0, 0.05) is 23.5 Å². The van der Waals surface area contributed by atoms with Gasteiger partial charge in [-0.1, -0.05) is 29.8 Å². The topological polar surface area (TPSA) is 17.0 Å². The maximum absolute atomic E-state index is 6.20. The molecule has 0 atom stereocenters. The molecule has 3 heteroatoms. The Morgan fingerprint density at radius 3 is 2.47 bits per heavy atom. The van der Waals surface area contributed by atoms with Crippen LogP contribution in [0.3, 0.4) is 0 Å². The highest BCUT2D eigenvalue weighted by molar-refractivity contribution is 6.31. The average Bonchev–Trinajstić information content (AvgIpc) is 2.77. The molecule has 1 fully saturated rings. The first-order chi connectivity index (χ1) is 8.33. The molecule has 0 bridgehead atoms. The summed E-state index contributed by atoms with van der Waals surface area (Å²) in [6.45, 7) is 0. The minimum Gasteiger partial charge on any atom is -0.323 e. The molecule has 1 aromatic heterocycles. The Labute approximate surface area is 106 Å². The Balaban J connectivity index is 1.60. The summed E-state index contributed by atoms with van der Waals surface area (Å²) >= 11 is 6.20. The maximum Gasteiger partial charge on any atom is 0.0440 e. The lowest BCUT2D eigenvalue weighted by Crippen LogP contribution is -2.38. The molecule has 1 aliphatic rings. The first kappa shape index (κ1) is 10.7. The van der Waals surface area contributed by atoms with Crippen molar-refractivity contribution in [3.8, 4) is 0 Å². The molecule has 0 saturated heterocycles. The molecule has 1 heterocycles. The number of hydrogen-bond donors (Lipinski definition) is 1. The fraction of sp³-hybridized carbons (Fsp3) is 0.286. The van der Waals surface area contributed by atoms with Gasteiger partial charge in [0.15, 0.2) is 0 Å². The Bertz CT molecular complexity index is 487. The molecular formula is C14H15ClN2. The highest BCUT2D eigenvalue weighted by atomic mass is 35.5. The number of halogens is 1. The van der Waals surface area contributed by atoms with E-state index in [1.165, 1.54) is 5.56 Å². The van der Waals surface area contributed by atoms with Gasteiger partial charge in [-0.25, -0.2) is 0 Å². The van der Waals surface area contributed by atoms with Crippen molar-refractivity contribution in [2.75, 3.05) is 5.43 Å². The highest BCUT2D eigenvalue weighted by Gasteiger charge is 2.31. The summed E-state index contributed by atoms with van der Waals surface area (Å²) in [6.07, 6.45) is 6.37. The van der Waals surface area contributed by atoms with Crippen molar-refractivity contribution in [1.29, 1.82) is 0 Å². The first-order valence-electron chi connectivity index (χ1n) is 5.97. The van der Waals surface area contributed by atoms with Crippen LogP contribution in [0.4, 0.5) is 0 Å². The van der Waals surface area contributed by atoms with E-state index in [-0.39, 0.29) is 0 Å². The van der Waals surface area contributed by atoms with Gasteiger partial charge >= 0.3 is 0 Å². The van der Waals surface area contributed by atoms with Crippen molar-refractivity contribution >= 4 is 11.6 Å². The second-order valence-electron chi connectivity index (χ2n) is 4.61. The fourth-order valence-electron chi connectivity index (χ4n) is 2.41. The van der Waals surface area contributed by atoms with E-state index in [4.69, 9.17) is 11.6 Å². The van der Waals surface area contributed by atoms with Crippen molar-refractivity contribution in [3.05, 3.63) is 59.4 Å². The average molecular weight is 247 g/mol. The molecular weight excluding hydrogens is 232 g/mol. The Morgan fingerprint density at radius 1 is 1.06 bits per heavy atom. The number of nitrogens with zero attached hydrogens (tertiary/aromatic N) is 1. The van der Waals surface area contributed by atoms with Crippen molar-refractivity contribution in [2.24, 2.45) is 0 Å². The largest absolute Gasteiger partial charge is 0.323 e. The summed E-state index contributed by atoms with van der Waals surface area (Å²) in [6, 6.07) is 12.8. The van der Waals surface area contributed by atoms with Gasteiger partial charge < -0.3 is 5.43 Å². The second-order valence-corrected chi connectivity index (χ2v) is 5.01. The van der Waals surface area contributed by atoms with Crippen molar-refractivity contribution in [1.82, 2.24) is 4.68 Å². The quantitative estimate of drug-likeness (QED) is 0.875. The first-order valence-corrected chi connectivity index (χ1v) is 6.34. The molecule has 1 aromatic carbocycles. The standard InChI is InChI=1S/C14H15ClN2/c15-14-6-2-1-5-13(14)11-9-12(10-11)16-17-7-3-4-8-17/h1-8,11-12,16H,9-10H2. The van der Waals surface area contributed by atoms with Crippen LogP contribution in [0.5, 0.6) is 0 Å². The number of hydrogen-bond acceptors (Lipinski definition) is 1. The van der Waals surface area contributed by atoms with Gasteiger partial charge in [0.05, 0.1) is 0 Å². The summed E-state index contributed by atoms with van der Waals surface area (Å²) in [5.41, 5.74) is 4.74. The van der Waals surface area contributed by atoms with E-state index in [1.807, 2.05) is 41.3 Å². The van der Waals surface area contributed by atoms with Crippen LogP contribution < -0.4 is 5.43 Å². The Hall–Kier alpha value is -1.41. The van der Waals surface area contributed by atoms with Gasteiger partial charge in [0.2, 0.25) is 0 Å². The fourth-order valence-corrected chi connectivity index (χ4v) is 2.70. The third-order valence-corrected chi connectivity index (χ3v) is 3.76. The molecule has 3 rings (SSSR count). The smallest absolute Gasteiger partial charge is 0.0440 e. The molecule has 88 valence electrons. The molecule has 1 saturated carbocycles. The Morgan fingerprint density at radius 2 is 1.76 bits per heavy atom. The lowest BCUT2D eigenvalue weighted by molar-refractivity contribution is 0.352. The van der Waals surface area contributed by atoms with Crippen LogP contribution in [0.25, 0.3) is 0 Å². The molecule has 0 radical (unpaired) electrons. The molecule has 0 spiro atoms. The Kier molecular flexibility index (Phi) is 2.81. The minimum absolute atomic E-state index is 0.559. The molecule has 1 N–H and O–H groups in total. The number of benzene rings is 1. The monoisotopic (exact) mass is 246 g/mol. The van der Waals surface area contributed by atoms with Gasteiger partial charge in [-0.15, -0.1) is 0 Å². The zero-order chi connectivity index (χ0) is 11.7. The minimum atomic E-state index is 0.559. The van der Waals surface area contributed by atoms with Crippen molar-refractivity contribution in [3.63, 3.8) is 0 Å². The molecule has 0 unspecified atom stereocenters. The third-order valence-electron chi connectivity index (χ3n) is 3.42. The second kappa shape index (κ2) is 4.46. The van der Waals surface area contributed by atoms with E-state index in [2.05, 4.69) is 17.6 Å². The van der Waals surface area contributed by atoms with Crippen LogP contribution in [0.15, 0.2) is 48.8 Å². The van der Waals surface area contributed by atoms with Crippen LogP contribution in [0.1, 0.15) is 24.3 Å². The highest BCUT2D eigenvalue weighted by Crippen LogP contribution is 2.40. The molecule has 1 aliphatic carbocycles. The van der Waals surface area contributed by atoms with Crippen molar-refractivity contribution in [2.45, 2.75) is 24.8 Å². The zero-order valence-corrected chi connectivity index (χ0v) is 10.3. The van der Waals surface area contributed by atoms with Gasteiger partial charge in [0.1, 0.15) is 0 Å². The van der Waals surface area contributed by atoms with Gasteiger partial charge in [-0.05, 0) is 42.5 Å². The van der Waals surface area contributed by atoms with E-state index in [0.29, 0.717) is 12.0 Å². The van der Waals surface area contributed by atoms with Gasteiger partial charge in [-0.2, -0.15) is 0 Å². The van der Waals surface area contributed by atoms with Gasteiger partial charge in [0.25, 0.3) is 0 Å². The summed E-state index contributed by atoms with van der Waals surface area (Å²) < 4.78 is 2.02. The summed E-state index contributed by atoms with van der Waals surface area (Å²) in [4.78, 5) is 0. The summed E-state index contributed by atoms with van der Waals surface area (Å²) in [5, 5.41) is 0.900.